The second-order valence-corrected chi connectivity index (χ2v) is 2.80. The predicted octanol–water partition coefficient (Wildman–Crippen LogP) is 1.61. The smallest absolute Gasteiger partial charge is 0.119 e. The number of hydrogen-bond donors (Lipinski definition) is 2. The van der Waals surface area contributed by atoms with Gasteiger partial charge in [0, 0.05) is 6.07 Å². The van der Waals surface area contributed by atoms with Crippen molar-refractivity contribution in [2.75, 3.05) is 5.73 Å². The summed E-state index contributed by atoms with van der Waals surface area (Å²) in [4.78, 5) is 0. The van der Waals surface area contributed by atoms with Crippen LogP contribution < -0.4 is 5.73 Å². The van der Waals surface area contributed by atoms with Crippen LogP contribution in [0.15, 0.2) is 16.6 Å². The number of benzene rings is 1. The van der Waals surface area contributed by atoms with Crippen molar-refractivity contribution in [1.82, 2.24) is 0 Å². The highest BCUT2D eigenvalue weighted by Gasteiger charge is 2.04. The van der Waals surface area contributed by atoms with Crippen LogP contribution in [0.2, 0.25) is 0 Å². The number of nitrogens with two attached hydrogens (primary N) is 1. The Morgan fingerprint density at radius 1 is 1.55 bits per heavy atom. The Kier molecular flexibility index (Phi) is 2.01. The zero-order chi connectivity index (χ0) is 8.43. The third-order valence-corrected chi connectivity index (χ3v) is 2.09. The minimum Gasteiger partial charge on any atom is -0.508 e. The summed E-state index contributed by atoms with van der Waals surface area (Å²) in [6.45, 7) is 0. The van der Waals surface area contributed by atoms with E-state index in [1.807, 2.05) is 6.07 Å². The van der Waals surface area contributed by atoms with Gasteiger partial charge in [-0.05, 0) is 22.0 Å². The van der Waals surface area contributed by atoms with Crippen LogP contribution in [0.3, 0.4) is 0 Å². The van der Waals surface area contributed by atoms with Crippen LogP contribution in [0.1, 0.15) is 5.56 Å². The molecule has 3 nitrogen and oxygen atoms in total. The molecular formula is C7H5BrN2O. The molecule has 1 aromatic carbocycles. The highest BCUT2D eigenvalue weighted by molar-refractivity contribution is 9.10. The summed E-state index contributed by atoms with van der Waals surface area (Å²) in [6, 6.07) is 4.62. The fraction of sp³-hybridized carbons (Fsp3) is 0. The number of hydrogen-bond acceptors (Lipinski definition) is 3. The number of rotatable bonds is 0. The molecule has 4 heteroatoms. The molecule has 0 aliphatic heterocycles. The van der Waals surface area contributed by atoms with Gasteiger partial charge in [-0.1, -0.05) is 0 Å². The van der Waals surface area contributed by atoms with E-state index in [4.69, 9.17) is 16.1 Å². The quantitative estimate of drug-likeness (QED) is 0.643. The molecule has 0 saturated carbocycles. The van der Waals surface area contributed by atoms with Crippen molar-refractivity contribution in [2.24, 2.45) is 0 Å². The number of halogens is 1. The van der Waals surface area contributed by atoms with Gasteiger partial charge in [0.05, 0.1) is 15.7 Å². The number of anilines is 1. The van der Waals surface area contributed by atoms with Gasteiger partial charge in [-0.2, -0.15) is 5.26 Å². The SMILES string of the molecule is N#Cc1cc(O)cc(N)c1Br. The summed E-state index contributed by atoms with van der Waals surface area (Å²) < 4.78 is 0.526. The molecule has 0 spiro atoms. The van der Waals surface area contributed by atoms with Gasteiger partial charge in [0.25, 0.3) is 0 Å². The molecule has 0 unspecified atom stereocenters. The lowest BCUT2D eigenvalue weighted by Crippen LogP contribution is -1.88. The molecule has 0 saturated heterocycles. The first-order valence-electron chi connectivity index (χ1n) is 2.83. The molecule has 0 fully saturated rings. The van der Waals surface area contributed by atoms with Crippen LogP contribution in [0.25, 0.3) is 0 Å². The van der Waals surface area contributed by atoms with Gasteiger partial charge in [0.15, 0.2) is 0 Å². The molecule has 0 heterocycles. The van der Waals surface area contributed by atoms with Crippen LogP contribution in [0.4, 0.5) is 5.69 Å². The number of phenols is 1. The van der Waals surface area contributed by atoms with Gasteiger partial charge in [0.2, 0.25) is 0 Å². The maximum atomic E-state index is 9.00. The Bertz CT molecular complexity index is 330. The topological polar surface area (TPSA) is 70.0 Å². The summed E-state index contributed by atoms with van der Waals surface area (Å²) >= 11 is 3.12. The van der Waals surface area contributed by atoms with Crippen LogP contribution >= 0.6 is 15.9 Å². The van der Waals surface area contributed by atoms with Gasteiger partial charge in [-0.15, -0.1) is 0 Å². The molecule has 11 heavy (non-hydrogen) atoms. The predicted molar refractivity (Wildman–Crippen MR) is 44.9 cm³/mol. The number of phenolic OH excluding ortho intramolecular Hbond substituents is 1. The molecule has 0 radical (unpaired) electrons. The van der Waals surface area contributed by atoms with E-state index in [0.29, 0.717) is 15.7 Å². The normalized spacial score (nSPS) is 9.09. The Labute approximate surface area is 72.2 Å². The van der Waals surface area contributed by atoms with Gasteiger partial charge in [-0.3, -0.25) is 0 Å². The van der Waals surface area contributed by atoms with E-state index in [1.165, 1.54) is 12.1 Å². The fourth-order valence-corrected chi connectivity index (χ4v) is 1.03. The first kappa shape index (κ1) is 7.89. The zero-order valence-corrected chi connectivity index (χ0v) is 7.09. The van der Waals surface area contributed by atoms with Crippen molar-refractivity contribution in [3.63, 3.8) is 0 Å². The second kappa shape index (κ2) is 2.81. The zero-order valence-electron chi connectivity index (χ0n) is 5.50. The molecule has 0 atom stereocenters. The third kappa shape index (κ3) is 1.44. The Morgan fingerprint density at radius 2 is 2.18 bits per heavy atom. The van der Waals surface area contributed by atoms with E-state index in [-0.39, 0.29) is 5.75 Å². The van der Waals surface area contributed by atoms with Crippen molar-refractivity contribution in [2.45, 2.75) is 0 Å². The summed E-state index contributed by atoms with van der Waals surface area (Å²) in [6.07, 6.45) is 0. The number of nitrogens with zero attached hydrogens (tertiary/aromatic N) is 1. The van der Waals surface area contributed by atoms with Crippen molar-refractivity contribution in [3.8, 4) is 11.8 Å². The maximum absolute atomic E-state index is 9.00. The Hall–Kier alpha value is -1.21. The molecule has 0 aromatic heterocycles. The van der Waals surface area contributed by atoms with Crippen LogP contribution in [-0.2, 0) is 0 Å². The summed E-state index contributed by atoms with van der Waals surface area (Å²) in [5.41, 5.74) is 6.14. The lowest BCUT2D eigenvalue weighted by atomic mass is 10.2. The number of nitrogen functional groups attached to an aromatic ring is 1. The molecule has 0 bridgehead atoms. The monoisotopic (exact) mass is 212 g/mol. The molecular weight excluding hydrogens is 208 g/mol. The van der Waals surface area contributed by atoms with Gasteiger partial charge < -0.3 is 10.8 Å². The Morgan fingerprint density at radius 3 is 2.73 bits per heavy atom. The minimum atomic E-state index is 0.00208. The summed E-state index contributed by atoms with van der Waals surface area (Å²) in [5, 5.41) is 17.5. The molecule has 56 valence electrons. The standard InChI is InChI=1S/C7H5BrN2O/c8-7-4(3-9)1-5(11)2-6(7)10/h1-2,11H,10H2. The van der Waals surface area contributed by atoms with Crippen molar-refractivity contribution < 1.29 is 5.11 Å². The van der Waals surface area contributed by atoms with Crippen molar-refractivity contribution in [3.05, 3.63) is 22.2 Å². The fourth-order valence-electron chi connectivity index (χ4n) is 0.712. The largest absolute Gasteiger partial charge is 0.508 e. The van der Waals surface area contributed by atoms with E-state index in [9.17, 15) is 0 Å². The van der Waals surface area contributed by atoms with Crippen LogP contribution in [0.5, 0.6) is 5.75 Å². The third-order valence-electron chi connectivity index (χ3n) is 1.21. The van der Waals surface area contributed by atoms with Crippen LogP contribution in [0, 0.1) is 11.3 Å². The van der Waals surface area contributed by atoms with E-state index in [0.717, 1.165) is 0 Å². The van der Waals surface area contributed by atoms with Crippen LogP contribution in [-0.4, -0.2) is 5.11 Å². The summed E-state index contributed by atoms with van der Waals surface area (Å²) in [7, 11) is 0. The van der Waals surface area contributed by atoms with Crippen molar-refractivity contribution >= 4 is 21.6 Å². The minimum absolute atomic E-state index is 0.00208. The van der Waals surface area contributed by atoms with Gasteiger partial charge >= 0.3 is 0 Å². The second-order valence-electron chi connectivity index (χ2n) is 2.01. The molecule has 0 aliphatic rings. The lowest BCUT2D eigenvalue weighted by Gasteiger charge is -2.00. The highest BCUT2D eigenvalue weighted by Crippen LogP contribution is 2.27. The van der Waals surface area contributed by atoms with E-state index >= 15 is 0 Å². The molecule has 0 amide bonds. The van der Waals surface area contributed by atoms with Gasteiger partial charge in [0.1, 0.15) is 11.8 Å². The van der Waals surface area contributed by atoms with Gasteiger partial charge in [-0.25, -0.2) is 0 Å². The first-order valence-corrected chi connectivity index (χ1v) is 3.62. The van der Waals surface area contributed by atoms with Crippen molar-refractivity contribution in [1.29, 1.82) is 5.26 Å². The Balaban J connectivity index is 3.39. The molecule has 1 rings (SSSR count). The maximum Gasteiger partial charge on any atom is 0.119 e. The lowest BCUT2D eigenvalue weighted by molar-refractivity contribution is 0.475. The molecule has 3 N–H and O–H groups in total. The molecule has 0 aliphatic carbocycles. The van der Waals surface area contributed by atoms with E-state index in [1.54, 1.807) is 0 Å². The van der Waals surface area contributed by atoms with E-state index in [2.05, 4.69) is 15.9 Å². The number of aromatic hydroxyl groups is 1. The average molecular weight is 213 g/mol. The molecule has 1 aromatic rings. The first-order chi connectivity index (χ1) is 5.15. The average Bonchev–Trinajstić information content (AvgIpc) is 1.96. The summed E-state index contributed by atoms with van der Waals surface area (Å²) in [5.74, 6) is 0.00208. The number of nitriles is 1. The highest BCUT2D eigenvalue weighted by atomic mass is 79.9. The van der Waals surface area contributed by atoms with E-state index < -0.39 is 0 Å².